The van der Waals surface area contributed by atoms with E-state index in [1.165, 1.54) is 0 Å². The number of amides is 1. The van der Waals surface area contributed by atoms with Crippen molar-refractivity contribution in [1.82, 2.24) is 10.2 Å². The summed E-state index contributed by atoms with van der Waals surface area (Å²) in [5.74, 6) is 0.0571. The molecule has 0 aliphatic carbocycles. The Morgan fingerprint density at radius 1 is 1.50 bits per heavy atom. The molecule has 0 aromatic heterocycles. The zero-order chi connectivity index (χ0) is 13.0. The van der Waals surface area contributed by atoms with E-state index in [2.05, 4.69) is 12.2 Å². The summed E-state index contributed by atoms with van der Waals surface area (Å²) in [6.07, 6.45) is 2.41. The van der Waals surface area contributed by atoms with Gasteiger partial charge in [0.25, 0.3) is 0 Å². The zero-order valence-electron chi connectivity index (χ0n) is 11.1. The molecule has 18 heavy (non-hydrogen) atoms. The number of β-amino-alcohol motifs (C(OH)–C–C–N with tert-alkyl or cyclic N) is 1. The van der Waals surface area contributed by atoms with Crippen LogP contribution < -0.4 is 5.32 Å². The molecule has 2 heterocycles. The SMILES string of the molecule is CCCNC1COCC1C(=O)N1CCC[C@H](O)C1. The summed E-state index contributed by atoms with van der Waals surface area (Å²) in [7, 11) is 0. The van der Waals surface area contributed by atoms with Gasteiger partial charge in [0, 0.05) is 19.1 Å². The Kier molecular flexibility index (Phi) is 4.97. The standard InChI is InChI=1S/C13H24N2O3/c1-2-5-14-12-9-18-8-11(12)13(17)15-6-3-4-10(16)7-15/h10-12,14,16H,2-9H2,1H3/t10-,11?,12?/m0/s1. The number of nitrogens with one attached hydrogen (secondary N) is 1. The van der Waals surface area contributed by atoms with Crippen LogP contribution in [0.2, 0.25) is 0 Å². The number of carbonyl (C=O) groups is 1. The molecule has 2 fully saturated rings. The molecule has 0 spiro atoms. The van der Waals surface area contributed by atoms with E-state index < -0.39 is 0 Å². The lowest BCUT2D eigenvalue weighted by atomic mass is 9.99. The lowest BCUT2D eigenvalue weighted by Crippen LogP contribution is -2.49. The van der Waals surface area contributed by atoms with E-state index in [1.54, 1.807) is 4.90 Å². The molecule has 2 saturated heterocycles. The minimum Gasteiger partial charge on any atom is -0.391 e. The van der Waals surface area contributed by atoms with E-state index in [0.717, 1.165) is 32.4 Å². The number of aliphatic hydroxyl groups is 1. The third-order valence-electron chi connectivity index (χ3n) is 3.76. The van der Waals surface area contributed by atoms with Gasteiger partial charge < -0.3 is 20.1 Å². The van der Waals surface area contributed by atoms with E-state index in [0.29, 0.717) is 19.8 Å². The molecule has 0 radical (unpaired) electrons. The number of piperidine rings is 1. The van der Waals surface area contributed by atoms with Crippen LogP contribution in [-0.2, 0) is 9.53 Å². The fraction of sp³-hybridized carbons (Fsp3) is 0.923. The van der Waals surface area contributed by atoms with Crippen molar-refractivity contribution in [3.8, 4) is 0 Å². The molecule has 5 heteroatoms. The van der Waals surface area contributed by atoms with Crippen LogP contribution in [0.4, 0.5) is 0 Å². The van der Waals surface area contributed by atoms with Gasteiger partial charge in [0.1, 0.15) is 0 Å². The fourth-order valence-corrected chi connectivity index (χ4v) is 2.72. The lowest BCUT2D eigenvalue weighted by Gasteiger charge is -2.33. The maximum atomic E-state index is 12.4. The number of ether oxygens (including phenoxy) is 1. The smallest absolute Gasteiger partial charge is 0.229 e. The summed E-state index contributed by atoms with van der Waals surface area (Å²) in [4.78, 5) is 14.2. The number of hydrogen-bond acceptors (Lipinski definition) is 4. The predicted octanol–water partition coefficient (Wildman–Crippen LogP) is -0.0157. The third kappa shape index (κ3) is 3.22. The highest BCUT2D eigenvalue weighted by Gasteiger charge is 2.37. The summed E-state index contributed by atoms with van der Waals surface area (Å²) in [6.45, 7) is 5.41. The van der Waals surface area contributed by atoms with E-state index >= 15 is 0 Å². The van der Waals surface area contributed by atoms with Gasteiger partial charge in [0.2, 0.25) is 5.91 Å². The summed E-state index contributed by atoms with van der Waals surface area (Å²) in [5, 5.41) is 13.0. The predicted molar refractivity (Wildman–Crippen MR) is 68.2 cm³/mol. The van der Waals surface area contributed by atoms with Crippen LogP contribution in [0.1, 0.15) is 26.2 Å². The van der Waals surface area contributed by atoms with Crippen LogP contribution in [0.15, 0.2) is 0 Å². The van der Waals surface area contributed by atoms with Crippen molar-refractivity contribution in [2.24, 2.45) is 5.92 Å². The van der Waals surface area contributed by atoms with Gasteiger partial charge in [0.05, 0.1) is 25.2 Å². The molecular formula is C13H24N2O3. The molecule has 0 aromatic carbocycles. The number of likely N-dealkylation sites (tertiary alicyclic amines) is 1. The molecule has 1 amide bonds. The second-order valence-corrected chi connectivity index (χ2v) is 5.28. The minimum absolute atomic E-state index is 0.0816. The summed E-state index contributed by atoms with van der Waals surface area (Å²) in [5.41, 5.74) is 0. The minimum atomic E-state index is -0.355. The highest BCUT2D eigenvalue weighted by atomic mass is 16.5. The van der Waals surface area contributed by atoms with Crippen molar-refractivity contribution in [2.75, 3.05) is 32.8 Å². The number of carbonyl (C=O) groups excluding carboxylic acids is 1. The van der Waals surface area contributed by atoms with Gasteiger partial charge in [-0.1, -0.05) is 6.92 Å². The van der Waals surface area contributed by atoms with E-state index in [-0.39, 0.29) is 24.0 Å². The van der Waals surface area contributed by atoms with Crippen LogP contribution in [0, 0.1) is 5.92 Å². The van der Waals surface area contributed by atoms with Gasteiger partial charge in [0.15, 0.2) is 0 Å². The summed E-state index contributed by atoms with van der Waals surface area (Å²) < 4.78 is 5.43. The first kappa shape index (κ1) is 13.8. The first-order valence-corrected chi connectivity index (χ1v) is 7.00. The Hall–Kier alpha value is -0.650. The van der Waals surface area contributed by atoms with Gasteiger partial charge >= 0.3 is 0 Å². The molecule has 104 valence electrons. The largest absolute Gasteiger partial charge is 0.391 e. The van der Waals surface area contributed by atoms with Crippen molar-refractivity contribution >= 4 is 5.91 Å². The van der Waals surface area contributed by atoms with Crippen LogP contribution in [0.25, 0.3) is 0 Å². The highest BCUT2D eigenvalue weighted by Crippen LogP contribution is 2.20. The number of hydrogen-bond donors (Lipinski definition) is 2. The van der Waals surface area contributed by atoms with Crippen LogP contribution in [-0.4, -0.2) is 60.9 Å². The summed E-state index contributed by atoms with van der Waals surface area (Å²) >= 11 is 0. The quantitative estimate of drug-likeness (QED) is 0.742. The lowest BCUT2D eigenvalue weighted by molar-refractivity contribution is -0.139. The van der Waals surface area contributed by atoms with Gasteiger partial charge in [-0.15, -0.1) is 0 Å². The maximum Gasteiger partial charge on any atom is 0.229 e. The molecule has 2 aliphatic heterocycles. The molecule has 2 rings (SSSR count). The Bertz CT molecular complexity index is 285. The topological polar surface area (TPSA) is 61.8 Å². The number of aliphatic hydroxyl groups excluding tert-OH is 1. The first-order chi connectivity index (χ1) is 8.72. The average Bonchev–Trinajstić information content (AvgIpc) is 2.83. The molecule has 3 atom stereocenters. The second kappa shape index (κ2) is 6.50. The van der Waals surface area contributed by atoms with Crippen molar-refractivity contribution in [1.29, 1.82) is 0 Å². The van der Waals surface area contributed by atoms with Gasteiger partial charge in [-0.25, -0.2) is 0 Å². The highest BCUT2D eigenvalue weighted by molar-refractivity contribution is 5.80. The zero-order valence-corrected chi connectivity index (χ0v) is 11.1. The Morgan fingerprint density at radius 3 is 3.06 bits per heavy atom. The van der Waals surface area contributed by atoms with E-state index in [4.69, 9.17) is 4.74 Å². The second-order valence-electron chi connectivity index (χ2n) is 5.28. The Balaban J connectivity index is 1.90. The molecule has 2 unspecified atom stereocenters. The van der Waals surface area contributed by atoms with Crippen LogP contribution >= 0.6 is 0 Å². The fourth-order valence-electron chi connectivity index (χ4n) is 2.72. The molecule has 0 aromatic rings. The molecule has 2 N–H and O–H groups in total. The number of nitrogens with zero attached hydrogens (tertiary/aromatic N) is 1. The third-order valence-corrected chi connectivity index (χ3v) is 3.76. The molecule has 5 nitrogen and oxygen atoms in total. The first-order valence-electron chi connectivity index (χ1n) is 7.00. The monoisotopic (exact) mass is 256 g/mol. The molecule has 0 bridgehead atoms. The summed E-state index contributed by atoms with van der Waals surface area (Å²) in [6, 6.07) is 0.136. The Labute approximate surface area is 108 Å². The van der Waals surface area contributed by atoms with Crippen LogP contribution in [0.3, 0.4) is 0 Å². The van der Waals surface area contributed by atoms with Crippen molar-refractivity contribution in [3.05, 3.63) is 0 Å². The maximum absolute atomic E-state index is 12.4. The van der Waals surface area contributed by atoms with E-state index in [9.17, 15) is 9.90 Å². The van der Waals surface area contributed by atoms with Crippen molar-refractivity contribution < 1.29 is 14.6 Å². The van der Waals surface area contributed by atoms with Crippen molar-refractivity contribution in [3.63, 3.8) is 0 Å². The molecule has 0 saturated carbocycles. The van der Waals surface area contributed by atoms with Crippen LogP contribution in [0.5, 0.6) is 0 Å². The van der Waals surface area contributed by atoms with Gasteiger partial charge in [-0.2, -0.15) is 0 Å². The number of rotatable bonds is 4. The molecular weight excluding hydrogens is 232 g/mol. The van der Waals surface area contributed by atoms with Gasteiger partial charge in [-0.05, 0) is 25.8 Å². The van der Waals surface area contributed by atoms with Crippen molar-refractivity contribution in [2.45, 2.75) is 38.3 Å². The normalized spacial score (nSPS) is 32.8. The average molecular weight is 256 g/mol. The van der Waals surface area contributed by atoms with Gasteiger partial charge in [-0.3, -0.25) is 4.79 Å². The van der Waals surface area contributed by atoms with E-state index in [1.807, 2.05) is 0 Å². The molecule has 2 aliphatic rings. The Morgan fingerprint density at radius 2 is 2.33 bits per heavy atom.